The average molecular weight is 318 g/mol. The number of aliphatic hydroxyl groups is 4. The van der Waals surface area contributed by atoms with E-state index >= 15 is 0 Å². The van der Waals surface area contributed by atoms with Crippen LogP contribution in [0.15, 0.2) is 0 Å². The number of hydrogen-bond acceptors (Lipinski definition) is 6. The summed E-state index contributed by atoms with van der Waals surface area (Å²) in [6, 6.07) is 0. The minimum atomic E-state index is -1.42. The van der Waals surface area contributed by atoms with Crippen LogP contribution in [0.1, 0.15) is 58.3 Å². The smallest absolute Gasteiger partial charge is 0.306 e. The van der Waals surface area contributed by atoms with Crippen molar-refractivity contribution in [2.75, 3.05) is 19.8 Å². The molecule has 1 rings (SSSR count). The van der Waals surface area contributed by atoms with Gasteiger partial charge in [-0.3, -0.25) is 4.79 Å². The lowest BCUT2D eigenvalue weighted by atomic mass is 9.69. The van der Waals surface area contributed by atoms with Gasteiger partial charge >= 0.3 is 5.97 Å². The normalized spacial score (nSPS) is 18.5. The summed E-state index contributed by atoms with van der Waals surface area (Å²) in [7, 11) is 0. The standard InChI is InChI=1S/C16H30O6/c1-2-15(10-17,11-18)12-22-14(21)9-16(8-13(19)20)6-4-3-5-7-16/h13,17-20H,2-12H2,1H3. The zero-order valence-corrected chi connectivity index (χ0v) is 13.5. The fourth-order valence-electron chi connectivity index (χ4n) is 3.20. The predicted molar refractivity (Wildman–Crippen MR) is 80.8 cm³/mol. The largest absolute Gasteiger partial charge is 0.465 e. The van der Waals surface area contributed by atoms with Crippen molar-refractivity contribution in [3.8, 4) is 0 Å². The maximum Gasteiger partial charge on any atom is 0.306 e. The van der Waals surface area contributed by atoms with Crippen molar-refractivity contribution in [2.24, 2.45) is 10.8 Å². The molecule has 0 bridgehead atoms. The molecule has 22 heavy (non-hydrogen) atoms. The van der Waals surface area contributed by atoms with Crippen molar-refractivity contribution in [1.82, 2.24) is 0 Å². The van der Waals surface area contributed by atoms with Crippen LogP contribution in [0.4, 0.5) is 0 Å². The molecule has 1 saturated carbocycles. The monoisotopic (exact) mass is 318 g/mol. The summed E-state index contributed by atoms with van der Waals surface area (Å²) in [6.07, 6.45) is 4.06. The highest BCUT2D eigenvalue weighted by molar-refractivity contribution is 5.70. The molecule has 6 heteroatoms. The molecule has 6 nitrogen and oxygen atoms in total. The van der Waals surface area contributed by atoms with Gasteiger partial charge in [0.05, 0.1) is 25.0 Å². The number of rotatable bonds is 9. The molecule has 0 aromatic carbocycles. The Morgan fingerprint density at radius 3 is 2.23 bits per heavy atom. The predicted octanol–water partition coefficient (Wildman–Crippen LogP) is 0.952. The molecule has 1 fully saturated rings. The highest BCUT2D eigenvalue weighted by Crippen LogP contribution is 2.43. The second-order valence-electron chi connectivity index (χ2n) is 6.75. The Morgan fingerprint density at radius 2 is 1.77 bits per heavy atom. The number of esters is 1. The first kappa shape index (κ1) is 19.4. The molecule has 0 spiro atoms. The first-order valence-corrected chi connectivity index (χ1v) is 8.14. The molecule has 0 aliphatic heterocycles. The Kier molecular flexibility index (Phi) is 7.76. The fourth-order valence-corrected chi connectivity index (χ4v) is 3.20. The third kappa shape index (κ3) is 5.50. The first-order chi connectivity index (χ1) is 10.4. The van der Waals surface area contributed by atoms with E-state index in [1.807, 2.05) is 6.92 Å². The number of carbonyl (C=O) groups is 1. The number of ether oxygens (including phenoxy) is 1. The van der Waals surface area contributed by atoms with Gasteiger partial charge in [-0.25, -0.2) is 0 Å². The summed E-state index contributed by atoms with van der Waals surface area (Å²) in [5, 5.41) is 37.3. The van der Waals surface area contributed by atoms with Gasteiger partial charge in [-0.15, -0.1) is 0 Å². The highest BCUT2D eigenvalue weighted by Gasteiger charge is 2.37. The van der Waals surface area contributed by atoms with Crippen LogP contribution in [0.5, 0.6) is 0 Å². The van der Waals surface area contributed by atoms with Gasteiger partial charge < -0.3 is 25.2 Å². The molecule has 1 aliphatic rings. The van der Waals surface area contributed by atoms with Crippen LogP contribution in [-0.4, -0.2) is 52.5 Å². The number of carbonyl (C=O) groups excluding carboxylic acids is 1. The van der Waals surface area contributed by atoms with Gasteiger partial charge in [0.2, 0.25) is 0 Å². The first-order valence-electron chi connectivity index (χ1n) is 8.14. The molecular weight excluding hydrogens is 288 g/mol. The van der Waals surface area contributed by atoms with Gasteiger partial charge in [0, 0.05) is 6.42 Å². The van der Waals surface area contributed by atoms with Crippen LogP contribution in [0.2, 0.25) is 0 Å². The van der Waals surface area contributed by atoms with Crippen LogP contribution >= 0.6 is 0 Å². The summed E-state index contributed by atoms with van der Waals surface area (Å²) in [4.78, 5) is 12.1. The van der Waals surface area contributed by atoms with Crippen molar-refractivity contribution in [3.63, 3.8) is 0 Å². The van der Waals surface area contributed by atoms with E-state index in [1.165, 1.54) is 0 Å². The second kappa shape index (κ2) is 8.82. The van der Waals surface area contributed by atoms with Crippen LogP contribution in [0.25, 0.3) is 0 Å². The van der Waals surface area contributed by atoms with Crippen LogP contribution in [0, 0.1) is 10.8 Å². The van der Waals surface area contributed by atoms with Gasteiger partial charge in [0.1, 0.15) is 6.61 Å². The molecule has 130 valence electrons. The van der Waals surface area contributed by atoms with Crippen molar-refractivity contribution in [2.45, 2.75) is 64.6 Å². The lowest BCUT2D eigenvalue weighted by Crippen LogP contribution is -2.37. The fraction of sp³-hybridized carbons (Fsp3) is 0.938. The van der Waals surface area contributed by atoms with Crippen molar-refractivity contribution < 1.29 is 30.0 Å². The third-order valence-electron chi connectivity index (χ3n) is 5.01. The van der Waals surface area contributed by atoms with E-state index in [1.54, 1.807) is 0 Å². The zero-order valence-electron chi connectivity index (χ0n) is 13.5. The van der Waals surface area contributed by atoms with E-state index in [0.29, 0.717) is 6.42 Å². The summed E-state index contributed by atoms with van der Waals surface area (Å²) >= 11 is 0. The van der Waals surface area contributed by atoms with Crippen molar-refractivity contribution in [1.29, 1.82) is 0 Å². The van der Waals surface area contributed by atoms with E-state index in [9.17, 15) is 25.2 Å². The topological polar surface area (TPSA) is 107 Å². The van der Waals surface area contributed by atoms with E-state index in [0.717, 1.165) is 32.1 Å². The molecule has 0 unspecified atom stereocenters. The lowest BCUT2D eigenvalue weighted by Gasteiger charge is -2.37. The molecule has 0 aromatic rings. The Balaban J connectivity index is 2.60. The number of aliphatic hydroxyl groups excluding tert-OH is 3. The maximum absolute atomic E-state index is 12.1. The summed E-state index contributed by atoms with van der Waals surface area (Å²) in [5.41, 5.74) is -1.21. The molecule has 0 amide bonds. The van der Waals surface area contributed by atoms with Crippen molar-refractivity contribution in [3.05, 3.63) is 0 Å². The quantitative estimate of drug-likeness (QED) is 0.372. The molecule has 4 N–H and O–H groups in total. The number of hydrogen-bond donors (Lipinski definition) is 4. The third-order valence-corrected chi connectivity index (χ3v) is 5.01. The van der Waals surface area contributed by atoms with Gasteiger partial charge in [-0.1, -0.05) is 26.2 Å². The SMILES string of the molecule is CCC(CO)(CO)COC(=O)CC1(CC(O)O)CCCCC1. The molecule has 0 radical (unpaired) electrons. The maximum atomic E-state index is 12.1. The summed E-state index contributed by atoms with van der Waals surface area (Å²) in [5.74, 6) is -0.401. The average Bonchev–Trinajstić information content (AvgIpc) is 2.49. The van der Waals surface area contributed by atoms with Gasteiger partial charge in [0.15, 0.2) is 6.29 Å². The van der Waals surface area contributed by atoms with Crippen LogP contribution in [-0.2, 0) is 9.53 Å². The van der Waals surface area contributed by atoms with E-state index < -0.39 is 23.1 Å². The summed E-state index contributed by atoms with van der Waals surface area (Å²) < 4.78 is 5.27. The molecule has 0 saturated heterocycles. The second-order valence-corrected chi connectivity index (χ2v) is 6.75. The molecule has 1 aliphatic carbocycles. The Hall–Kier alpha value is -0.690. The minimum Gasteiger partial charge on any atom is -0.465 e. The van der Waals surface area contributed by atoms with Crippen LogP contribution < -0.4 is 0 Å². The van der Waals surface area contributed by atoms with Crippen LogP contribution in [0.3, 0.4) is 0 Å². The molecule has 0 atom stereocenters. The minimum absolute atomic E-state index is 0.0207. The molecular formula is C16H30O6. The Labute approximate surface area is 132 Å². The van der Waals surface area contributed by atoms with Gasteiger partial charge in [-0.2, -0.15) is 0 Å². The Bertz CT molecular complexity index is 323. The van der Waals surface area contributed by atoms with Gasteiger partial charge in [0.25, 0.3) is 0 Å². The van der Waals surface area contributed by atoms with Crippen molar-refractivity contribution >= 4 is 5.97 Å². The molecule has 0 aromatic heterocycles. The van der Waals surface area contributed by atoms with E-state index in [4.69, 9.17) is 4.74 Å². The Morgan fingerprint density at radius 1 is 1.18 bits per heavy atom. The lowest BCUT2D eigenvalue weighted by molar-refractivity contribution is -0.155. The van der Waals surface area contributed by atoms with E-state index in [-0.39, 0.29) is 32.7 Å². The van der Waals surface area contributed by atoms with E-state index in [2.05, 4.69) is 0 Å². The summed E-state index contributed by atoms with van der Waals surface area (Å²) in [6.45, 7) is 1.32. The molecule has 0 heterocycles. The van der Waals surface area contributed by atoms with Gasteiger partial charge in [-0.05, 0) is 24.7 Å². The zero-order chi connectivity index (χ0) is 16.6. The highest BCUT2D eigenvalue weighted by atomic mass is 16.5.